The van der Waals surface area contributed by atoms with Crippen molar-refractivity contribution in [1.82, 2.24) is 24.5 Å². The van der Waals surface area contributed by atoms with Crippen molar-refractivity contribution in [3.05, 3.63) is 47.0 Å². The van der Waals surface area contributed by atoms with Gasteiger partial charge in [-0.15, -0.1) is 5.10 Å². The standard InChI is InChI=1S/C30H40N6O3/c1-19-17-35(15-16-38-19)29(37)25-7-5-23(6-8-25)24-9-11-26(12-10-24)34-14-13-27(18-34)39-28-20(2)31-30-32-22(4)33-36(30)21(28)3/h9-12,19,23,25,27H,5-8,13-18H2,1-4H3/t19-,23?,25?,27-/m1/s1. The smallest absolute Gasteiger partial charge is 0.253 e. The predicted molar refractivity (Wildman–Crippen MR) is 149 cm³/mol. The highest BCUT2D eigenvalue weighted by Crippen LogP contribution is 2.37. The third-order valence-corrected chi connectivity index (χ3v) is 8.73. The Kier molecular flexibility index (Phi) is 7.18. The van der Waals surface area contributed by atoms with E-state index in [1.54, 1.807) is 4.52 Å². The number of hydrogen-bond donors (Lipinski definition) is 0. The van der Waals surface area contributed by atoms with Gasteiger partial charge in [-0.2, -0.15) is 9.50 Å². The van der Waals surface area contributed by atoms with Gasteiger partial charge >= 0.3 is 0 Å². The maximum atomic E-state index is 13.0. The van der Waals surface area contributed by atoms with Crippen LogP contribution in [0.1, 0.15) is 67.7 Å². The second-order valence-corrected chi connectivity index (χ2v) is 11.6. The third-order valence-electron chi connectivity index (χ3n) is 8.73. The van der Waals surface area contributed by atoms with Crippen molar-refractivity contribution < 1.29 is 14.3 Å². The molecule has 0 spiro atoms. The first-order valence-corrected chi connectivity index (χ1v) is 14.5. The van der Waals surface area contributed by atoms with Crippen LogP contribution in [0.3, 0.4) is 0 Å². The molecule has 2 aliphatic heterocycles. The van der Waals surface area contributed by atoms with Crippen LogP contribution >= 0.6 is 0 Å². The summed E-state index contributed by atoms with van der Waals surface area (Å²) in [7, 11) is 0. The summed E-state index contributed by atoms with van der Waals surface area (Å²) in [4.78, 5) is 26.4. The SMILES string of the molecule is Cc1nc2nc(C)c(O[C@@H]3CCN(c4ccc(C5CCC(C(=O)N6CCO[C@H](C)C6)CC5)cc4)C3)c(C)n2n1. The Morgan fingerprint density at radius 1 is 0.974 bits per heavy atom. The Morgan fingerprint density at radius 3 is 2.49 bits per heavy atom. The molecule has 2 saturated heterocycles. The van der Waals surface area contributed by atoms with Crippen molar-refractivity contribution in [2.75, 3.05) is 37.7 Å². The first-order valence-electron chi connectivity index (χ1n) is 14.5. The van der Waals surface area contributed by atoms with E-state index in [1.807, 2.05) is 25.7 Å². The molecule has 0 N–H and O–H groups in total. The molecule has 1 amide bonds. The van der Waals surface area contributed by atoms with Crippen LogP contribution in [0.4, 0.5) is 5.69 Å². The van der Waals surface area contributed by atoms with E-state index < -0.39 is 0 Å². The number of nitrogens with zero attached hydrogens (tertiary/aromatic N) is 6. The lowest BCUT2D eigenvalue weighted by atomic mass is 9.78. The van der Waals surface area contributed by atoms with Gasteiger partial charge in [0.25, 0.3) is 5.78 Å². The second-order valence-electron chi connectivity index (χ2n) is 11.6. The summed E-state index contributed by atoms with van der Waals surface area (Å²) in [6, 6.07) is 9.09. The zero-order chi connectivity index (χ0) is 27.1. The van der Waals surface area contributed by atoms with E-state index in [0.29, 0.717) is 30.0 Å². The molecule has 1 aliphatic carbocycles. The summed E-state index contributed by atoms with van der Waals surface area (Å²) in [6.07, 6.45) is 5.34. The Hall–Kier alpha value is -3.20. The monoisotopic (exact) mass is 532 g/mol. The van der Waals surface area contributed by atoms with Gasteiger partial charge in [-0.25, -0.2) is 4.98 Å². The van der Waals surface area contributed by atoms with Gasteiger partial charge in [0.1, 0.15) is 11.9 Å². The van der Waals surface area contributed by atoms with E-state index in [4.69, 9.17) is 9.47 Å². The predicted octanol–water partition coefficient (Wildman–Crippen LogP) is 4.23. The van der Waals surface area contributed by atoms with Gasteiger partial charge in [-0.3, -0.25) is 4.79 Å². The fourth-order valence-electron chi connectivity index (χ4n) is 6.56. The largest absolute Gasteiger partial charge is 0.485 e. The number of aromatic nitrogens is 4. The number of anilines is 1. The van der Waals surface area contributed by atoms with Gasteiger partial charge in [-0.05, 0) is 77.0 Å². The third kappa shape index (κ3) is 5.33. The molecule has 3 fully saturated rings. The Morgan fingerprint density at radius 2 is 1.74 bits per heavy atom. The summed E-state index contributed by atoms with van der Waals surface area (Å²) in [5.41, 5.74) is 4.43. The molecule has 9 nitrogen and oxygen atoms in total. The topological polar surface area (TPSA) is 85.1 Å². The van der Waals surface area contributed by atoms with Crippen LogP contribution in [0.2, 0.25) is 0 Å². The van der Waals surface area contributed by atoms with Crippen molar-refractivity contribution in [1.29, 1.82) is 0 Å². The van der Waals surface area contributed by atoms with E-state index in [1.165, 1.54) is 11.3 Å². The summed E-state index contributed by atoms with van der Waals surface area (Å²) in [6.45, 7) is 11.9. The van der Waals surface area contributed by atoms with Crippen molar-refractivity contribution in [2.24, 2.45) is 5.92 Å². The highest BCUT2D eigenvalue weighted by atomic mass is 16.5. The van der Waals surface area contributed by atoms with Crippen molar-refractivity contribution in [3.63, 3.8) is 0 Å². The van der Waals surface area contributed by atoms with Crippen LogP contribution in [0.15, 0.2) is 24.3 Å². The molecular weight excluding hydrogens is 492 g/mol. The minimum absolute atomic E-state index is 0.105. The number of carbonyl (C=O) groups excluding carboxylic acids is 1. The molecule has 0 bridgehead atoms. The highest BCUT2D eigenvalue weighted by Gasteiger charge is 2.32. The number of fused-ring (bicyclic) bond motifs is 1. The molecule has 1 saturated carbocycles. The average molecular weight is 533 g/mol. The summed E-state index contributed by atoms with van der Waals surface area (Å²) < 4.78 is 13.9. The molecule has 9 heteroatoms. The molecule has 0 unspecified atom stereocenters. The zero-order valence-electron chi connectivity index (χ0n) is 23.6. The number of rotatable bonds is 5. The van der Waals surface area contributed by atoms with Crippen LogP contribution in [0.25, 0.3) is 5.78 Å². The minimum Gasteiger partial charge on any atom is -0.485 e. The fraction of sp³-hybridized carbons (Fsp3) is 0.600. The number of hydrogen-bond acceptors (Lipinski definition) is 7. The van der Waals surface area contributed by atoms with Gasteiger partial charge in [0, 0.05) is 37.7 Å². The number of ether oxygens (including phenoxy) is 2. The number of carbonyl (C=O) groups is 1. The molecule has 39 heavy (non-hydrogen) atoms. The molecule has 4 heterocycles. The van der Waals surface area contributed by atoms with E-state index in [2.05, 4.69) is 51.2 Å². The first-order chi connectivity index (χ1) is 18.9. The van der Waals surface area contributed by atoms with Crippen LogP contribution in [0, 0.1) is 26.7 Å². The van der Waals surface area contributed by atoms with Gasteiger partial charge in [-0.1, -0.05) is 12.1 Å². The zero-order valence-corrected chi connectivity index (χ0v) is 23.6. The van der Waals surface area contributed by atoms with Crippen LogP contribution in [-0.4, -0.2) is 75.4 Å². The Labute approximate surface area is 230 Å². The van der Waals surface area contributed by atoms with Gasteiger partial charge < -0.3 is 19.3 Å². The van der Waals surface area contributed by atoms with Crippen molar-refractivity contribution in [3.8, 4) is 5.75 Å². The molecule has 2 aromatic heterocycles. The van der Waals surface area contributed by atoms with Gasteiger partial charge in [0.2, 0.25) is 5.91 Å². The molecular formula is C30H40N6O3. The minimum atomic E-state index is 0.105. The van der Waals surface area contributed by atoms with Crippen molar-refractivity contribution in [2.45, 2.75) is 77.9 Å². The molecule has 2 atom stereocenters. The Balaban J connectivity index is 1.03. The maximum absolute atomic E-state index is 13.0. The quantitative estimate of drug-likeness (QED) is 0.486. The summed E-state index contributed by atoms with van der Waals surface area (Å²) in [5, 5.41) is 4.46. The van der Waals surface area contributed by atoms with E-state index in [-0.39, 0.29) is 18.1 Å². The highest BCUT2D eigenvalue weighted by molar-refractivity contribution is 5.79. The fourth-order valence-corrected chi connectivity index (χ4v) is 6.56. The number of benzene rings is 1. The lowest BCUT2D eigenvalue weighted by molar-refractivity contribution is -0.143. The van der Waals surface area contributed by atoms with Crippen LogP contribution in [0.5, 0.6) is 5.75 Å². The van der Waals surface area contributed by atoms with Crippen LogP contribution < -0.4 is 9.64 Å². The van der Waals surface area contributed by atoms with Gasteiger partial charge in [0.15, 0.2) is 5.75 Å². The lowest BCUT2D eigenvalue weighted by Crippen LogP contribution is -2.47. The van der Waals surface area contributed by atoms with Gasteiger partial charge in [0.05, 0.1) is 30.6 Å². The molecule has 208 valence electrons. The summed E-state index contributed by atoms with van der Waals surface area (Å²) >= 11 is 0. The van der Waals surface area contributed by atoms with E-state index in [9.17, 15) is 4.79 Å². The molecule has 3 aliphatic rings. The molecule has 0 radical (unpaired) electrons. The normalized spacial score (nSPS) is 25.8. The Bertz CT molecular complexity index is 1330. The molecule has 1 aromatic carbocycles. The van der Waals surface area contributed by atoms with E-state index in [0.717, 1.165) is 75.4 Å². The molecule has 6 rings (SSSR count). The summed E-state index contributed by atoms with van der Waals surface area (Å²) in [5.74, 6) is 3.19. The number of morpholine rings is 1. The maximum Gasteiger partial charge on any atom is 0.253 e. The van der Waals surface area contributed by atoms with Crippen molar-refractivity contribution >= 4 is 17.4 Å². The number of aryl methyl sites for hydroxylation is 3. The van der Waals surface area contributed by atoms with E-state index >= 15 is 0 Å². The number of amides is 1. The second kappa shape index (κ2) is 10.8. The van der Waals surface area contributed by atoms with Crippen LogP contribution in [-0.2, 0) is 9.53 Å². The lowest BCUT2D eigenvalue weighted by Gasteiger charge is -2.36. The molecule has 3 aromatic rings. The average Bonchev–Trinajstić information content (AvgIpc) is 3.57. The first kappa shape index (κ1) is 26.0.